The summed E-state index contributed by atoms with van der Waals surface area (Å²) in [5.74, 6) is -0.770. The molecule has 1 aromatic heterocycles. The number of methoxy groups -OCH3 is 1. The minimum atomic E-state index is -4.68. The number of hydrogen-bond acceptors (Lipinski definition) is 6. The van der Waals surface area contributed by atoms with Crippen molar-refractivity contribution in [2.75, 3.05) is 13.7 Å². The number of ether oxygens (including phenoxy) is 1. The molecule has 20 heavy (non-hydrogen) atoms. The second-order valence-corrected chi connectivity index (χ2v) is 7.21. The number of esters is 1. The van der Waals surface area contributed by atoms with E-state index in [1.54, 1.807) is 0 Å². The average Bonchev–Trinajstić information content (AvgIpc) is 2.69. The summed E-state index contributed by atoms with van der Waals surface area (Å²) < 4.78 is 63.3. The first-order chi connectivity index (χ1) is 9.07. The highest BCUT2D eigenvalue weighted by molar-refractivity contribution is 9.11. The van der Waals surface area contributed by atoms with Crippen molar-refractivity contribution in [3.05, 3.63) is 14.7 Å². The fourth-order valence-electron chi connectivity index (χ4n) is 0.970. The summed E-state index contributed by atoms with van der Waals surface area (Å²) in [6.07, 6.45) is -4.68. The number of thiophene rings is 1. The van der Waals surface area contributed by atoms with Crippen LogP contribution in [0.2, 0.25) is 0 Å². The molecule has 6 nitrogen and oxygen atoms in total. The third-order valence-corrected chi connectivity index (χ3v) is 5.18. The summed E-state index contributed by atoms with van der Waals surface area (Å²) >= 11 is 3.65. The molecule has 1 heterocycles. The van der Waals surface area contributed by atoms with Crippen LogP contribution < -0.4 is 4.89 Å². The predicted molar refractivity (Wildman–Crippen MR) is 65.7 cm³/mol. The quantitative estimate of drug-likeness (QED) is 0.607. The lowest BCUT2D eigenvalue weighted by Gasteiger charge is -2.08. The summed E-state index contributed by atoms with van der Waals surface area (Å²) in [6.45, 7) is -1.78. The second kappa shape index (κ2) is 6.39. The van der Waals surface area contributed by atoms with Crippen LogP contribution in [0.4, 0.5) is 13.2 Å². The highest BCUT2D eigenvalue weighted by Crippen LogP contribution is 2.32. The summed E-state index contributed by atoms with van der Waals surface area (Å²) in [4.78, 5) is 16.0. The number of carbonyl (C=O) groups excluding carboxylic acids is 1. The molecule has 1 rings (SSSR count). The van der Waals surface area contributed by atoms with Crippen molar-refractivity contribution < 1.29 is 36.0 Å². The van der Waals surface area contributed by atoms with E-state index in [9.17, 15) is 26.4 Å². The van der Waals surface area contributed by atoms with Crippen molar-refractivity contribution in [1.29, 1.82) is 0 Å². The molecule has 0 aromatic carbocycles. The maximum Gasteiger partial charge on any atom is 0.413 e. The Balaban J connectivity index is 2.88. The van der Waals surface area contributed by atoms with Crippen LogP contribution in [-0.2, 0) is 19.6 Å². The number of nitrogens with one attached hydrogen (secondary N) is 1. The van der Waals surface area contributed by atoms with E-state index in [-0.39, 0.29) is 8.66 Å². The van der Waals surface area contributed by atoms with Crippen LogP contribution in [-0.4, -0.2) is 34.3 Å². The van der Waals surface area contributed by atoms with Gasteiger partial charge in [-0.1, -0.05) is 4.89 Å². The molecule has 1 aromatic rings. The van der Waals surface area contributed by atoms with Crippen molar-refractivity contribution in [2.45, 2.75) is 11.1 Å². The lowest BCUT2D eigenvalue weighted by atomic mass is 10.5. The first kappa shape index (κ1) is 17.4. The van der Waals surface area contributed by atoms with Gasteiger partial charge in [-0.05, 0) is 22.0 Å². The number of sulfonamides is 1. The molecule has 0 amide bonds. The van der Waals surface area contributed by atoms with E-state index < -0.39 is 33.7 Å². The maximum atomic E-state index is 11.8. The molecule has 0 aliphatic carbocycles. The zero-order valence-corrected chi connectivity index (χ0v) is 12.9. The smallest absolute Gasteiger partial charge is 0.413 e. The molecular formula is C8H7BrF3NO5S2. The molecule has 0 radical (unpaired) electrons. The van der Waals surface area contributed by atoms with Gasteiger partial charge in [0.25, 0.3) is 10.0 Å². The highest BCUT2D eigenvalue weighted by atomic mass is 79.9. The van der Waals surface area contributed by atoms with Crippen molar-refractivity contribution in [2.24, 2.45) is 0 Å². The maximum absolute atomic E-state index is 11.8. The molecule has 1 N–H and O–H groups in total. The van der Waals surface area contributed by atoms with Gasteiger partial charge >= 0.3 is 12.1 Å². The summed E-state index contributed by atoms with van der Waals surface area (Å²) in [5, 5.41) is 0. The average molecular weight is 398 g/mol. The lowest BCUT2D eigenvalue weighted by Crippen LogP contribution is -2.29. The van der Waals surface area contributed by atoms with Crippen LogP contribution in [0.5, 0.6) is 0 Å². The SMILES string of the molecule is COC(=O)c1cc(S(=O)(=O)NOCC(F)(F)F)c(Br)s1. The Bertz CT molecular complexity index is 598. The number of rotatable bonds is 5. The monoisotopic (exact) mass is 397 g/mol. The minimum absolute atomic E-state index is 0.0287. The Morgan fingerprint density at radius 3 is 2.60 bits per heavy atom. The molecule has 0 aliphatic heterocycles. The number of carbonyl (C=O) groups is 1. The molecule has 0 unspecified atom stereocenters. The molecule has 12 heteroatoms. The fraction of sp³-hybridized carbons (Fsp3) is 0.375. The Hall–Kier alpha value is -0.690. The van der Waals surface area contributed by atoms with Gasteiger partial charge in [-0.2, -0.15) is 13.2 Å². The van der Waals surface area contributed by atoms with E-state index in [0.29, 0.717) is 0 Å². The summed E-state index contributed by atoms with van der Waals surface area (Å²) in [7, 11) is -3.24. The highest BCUT2D eigenvalue weighted by Gasteiger charge is 2.30. The van der Waals surface area contributed by atoms with E-state index in [4.69, 9.17) is 0 Å². The predicted octanol–water partition coefficient (Wildman–Crippen LogP) is 2.07. The first-order valence-electron chi connectivity index (χ1n) is 4.65. The van der Waals surface area contributed by atoms with Crippen molar-refractivity contribution in [1.82, 2.24) is 4.89 Å². The number of alkyl halides is 3. The lowest BCUT2D eigenvalue weighted by molar-refractivity contribution is -0.181. The van der Waals surface area contributed by atoms with Crippen molar-refractivity contribution in [3.63, 3.8) is 0 Å². The third-order valence-electron chi connectivity index (χ3n) is 1.74. The van der Waals surface area contributed by atoms with Gasteiger partial charge in [0.15, 0.2) is 6.61 Å². The van der Waals surface area contributed by atoms with E-state index in [1.807, 2.05) is 0 Å². The Morgan fingerprint density at radius 1 is 1.50 bits per heavy atom. The van der Waals surface area contributed by atoms with Gasteiger partial charge in [-0.25, -0.2) is 13.2 Å². The van der Waals surface area contributed by atoms with Crippen molar-refractivity contribution in [3.8, 4) is 0 Å². The molecule has 0 saturated heterocycles. The van der Waals surface area contributed by atoms with Gasteiger partial charge in [0.05, 0.1) is 10.9 Å². The van der Waals surface area contributed by atoms with Crippen LogP contribution >= 0.6 is 27.3 Å². The zero-order chi connectivity index (χ0) is 15.6. The van der Waals surface area contributed by atoms with E-state index in [0.717, 1.165) is 24.5 Å². The minimum Gasteiger partial charge on any atom is -0.465 e. The summed E-state index contributed by atoms with van der Waals surface area (Å²) in [5.41, 5.74) is 0. The van der Waals surface area contributed by atoms with Gasteiger partial charge < -0.3 is 4.74 Å². The molecule has 0 aliphatic rings. The van der Waals surface area contributed by atoms with E-state index in [1.165, 1.54) is 4.89 Å². The zero-order valence-electron chi connectivity index (χ0n) is 9.65. The van der Waals surface area contributed by atoms with E-state index >= 15 is 0 Å². The van der Waals surface area contributed by atoms with Gasteiger partial charge in [-0.15, -0.1) is 11.3 Å². The first-order valence-corrected chi connectivity index (χ1v) is 7.74. The molecule has 0 bridgehead atoms. The molecule has 0 saturated carbocycles. The fourth-order valence-corrected chi connectivity index (χ4v) is 4.26. The van der Waals surface area contributed by atoms with Gasteiger partial charge in [-0.3, -0.25) is 4.84 Å². The third kappa shape index (κ3) is 4.70. The summed E-state index contributed by atoms with van der Waals surface area (Å²) in [6, 6.07) is 0.958. The van der Waals surface area contributed by atoms with Crippen LogP contribution in [0.1, 0.15) is 9.67 Å². The topological polar surface area (TPSA) is 81.7 Å². The molecule has 0 spiro atoms. The molecular weight excluding hydrogens is 391 g/mol. The number of halogens is 4. The Kier molecular flexibility index (Phi) is 5.54. The second-order valence-electron chi connectivity index (χ2n) is 3.23. The molecule has 114 valence electrons. The van der Waals surface area contributed by atoms with Crippen LogP contribution in [0.25, 0.3) is 0 Å². The standard InChI is InChI=1S/C8H7BrF3NO5S2/c1-17-7(14)4-2-5(6(9)19-4)20(15,16)13-18-3-8(10,11)12/h2,13H,3H2,1H3. The van der Waals surface area contributed by atoms with Crippen LogP contribution in [0.3, 0.4) is 0 Å². The van der Waals surface area contributed by atoms with Crippen LogP contribution in [0, 0.1) is 0 Å². The van der Waals surface area contributed by atoms with Gasteiger partial charge in [0, 0.05) is 0 Å². The van der Waals surface area contributed by atoms with Crippen molar-refractivity contribution >= 4 is 43.3 Å². The largest absolute Gasteiger partial charge is 0.465 e. The van der Waals surface area contributed by atoms with Gasteiger partial charge in [0.1, 0.15) is 9.77 Å². The van der Waals surface area contributed by atoms with Crippen LogP contribution in [0.15, 0.2) is 14.7 Å². The molecule has 0 fully saturated rings. The number of hydrogen-bond donors (Lipinski definition) is 1. The van der Waals surface area contributed by atoms with Gasteiger partial charge in [0.2, 0.25) is 0 Å². The Labute approximate surface area is 124 Å². The van der Waals surface area contributed by atoms with E-state index in [2.05, 4.69) is 25.5 Å². The Morgan fingerprint density at radius 2 is 2.10 bits per heavy atom. The normalized spacial score (nSPS) is 12.4. The molecule has 0 atom stereocenters.